The summed E-state index contributed by atoms with van der Waals surface area (Å²) >= 11 is 0. The predicted molar refractivity (Wildman–Crippen MR) is 243 cm³/mol. The lowest BCUT2D eigenvalue weighted by molar-refractivity contribution is 0.0917. The van der Waals surface area contributed by atoms with Crippen LogP contribution in [-0.4, -0.2) is 80.6 Å². The summed E-state index contributed by atoms with van der Waals surface area (Å²) in [6, 6.07) is 28.2. The van der Waals surface area contributed by atoms with Crippen molar-refractivity contribution >= 4 is 37.3 Å². The van der Waals surface area contributed by atoms with Crippen LogP contribution in [-0.2, 0) is 44.2 Å². The second kappa shape index (κ2) is 19.4. The van der Waals surface area contributed by atoms with E-state index in [1.54, 1.807) is 86.0 Å². The highest BCUT2D eigenvalue weighted by molar-refractivity contribution is 7.93. The zero-order valence-corrected chi connectivity index (χ0v) is 38.0. The van der Waals surface area contributed by atoms with Gasteiger partial charge in [-0.1, -0.05) is 75.4 Å². The van der Waals surface area contributed by atoms with E-state index < -0.39 is 53.0 Å². The SMILES string of the molecule is COc1ccc(CN(Cc2ccc(OC)cc2)S(=O)(=O)c2c(S(=O)(=O)CC(CC(C)(C)C)OC(N)=O)ccc(-c3cccc(N)c3N)c2-c2nnn(Cc3ccc(OC)cc3)n2)cc1. The van der Waals surface area contributed by atoms with Crippen LogP contribution < -0.4 is 31.4 Å². The number of ether oxygens (including phenoxy) is 4. The number of anilines is 2. The van der Waals surface area contributed by atoms with Gasteiger partial charge in [-0.15, -0.1) is 10.2 Å². The summed E-state index contributed by atoms with van der Waals surface area (Å²) in [6.07, 6.45) is -2.37. The van der Waals surface area contributed by atoms with Gasteiger partial charge in [0.2, 0.25) is 15.8 Å². The quantitative estimate of drug-likeness (QED) is 0.0800. The number of carbonyl (C=O) groups is 1. The third-order valence-corrected chi connectivity index (χ3v) is 14.0. The van der Waals surface area contributed by atoms with E-state index in [9.17, 15) is 4.79 Å². The highest BCUT2D eigenvalue weighted by Gasteiger charge is 2.39. The molecule has 1 atom stereocenters. The van der Waals surface area contributed by atoms with Crippen LogP contribution in [0.1, 0.15) is 43.9 Å². The van der Waals surface area contributed by atoms with E-state index in [-0.39, 0.29) is 59.9 Å². The van der Waals surface area contributed by atoms with Crippen molar-refractivity contribution in [1.29, 1.82) is 0 Å². The molecule has 338 valence electrons. The topological polar surface area (TPSA) is 247 Å². The molecular weight excluding hydrogens is 861 g/mol. The fourth-order valence-electron chi connectivity index (χ4n) is 7.17. The van der Waals surface area contributed by atoms with E-state index in [0.29, 0.717) is 28.4 Å². The Morgan fingerprint density at radius 1 is 0.734 bits per heavy atom. The second-order valence-electron chi connectivity index (χ2n) is 16.2. The van der Waals surface area contributed by atoms with E-state index in [1.165, 1.54) is 31.1 Å². The first kappa shape index (κ1) is 46.8. The maximum atomic E-state index is 16.0. The lowest BCUT2D eigenvalue weighted by Crippen LogP contribution is -2.35. The first-order chi connectivity index (χ1) is 30.3. The average Bonchev–Trinajstić information content (AvgIpc) is 3.71. The van der Waals surface area contributed by atoms with Gasteiger partial charge < -0.3 is 36.1 Å². The number of nitrogens with zero attached hydrogens (tertiary/aromatic N) is 5. The van der Waals surface area contributed by atoms with Gasteiger partial charge in [0, 0.05) is 18.7 Å². The number of hydrogen-bond acceptors (Lipinski definition) is 14. The minimum atomic E-state index is -4.97. The van der Waals surface area contributed by atoms with Crippen molar-refractivity contribution in [2.75, 3.05) is 38.5 Å². The van der Waals surface area contributed by atoms with Crippen LogP contribution >= 0.6 is 0 Å². The van der Waals surface area contributed by atoms with Crippen molar-refractivity contribution in [3.63, 3.8) is 0 Å². The number of benzene rings is 5. The lowest BCUT2D eigenvalue weighted by Gasteiger charge is -2.28. The average molecular weight is 913 g/mol. The number of sulfonamides is 1. The van der Waals surface area contributed by atoms with Gasteiger partial charge in [0.25, 0.3) is 0 Å². The molecule has 1 amide bonds. The standard InChI is InChI=1S/C45H52N8O9S2/c1-45(2,3)24-35(62-44(48)54)28-63(55,56)39-23-22-36(37-8-7-9-38(46)41(37)47)40(43-49-51-53(50-43)27-31-14-20-34(61-6)21-15-31)42(39)64(57,58)52(25-29-10-16-32(59-4)17-11-29)26-30-12-18-33(60-5)19-13-30/h7-23,35H,24-28,46-47H2,1-6H3,(H2,48,54). The molecule has 0 radical (unpaired) electrons. The number of amides is 1. The number of rotatable bonds is 18. The Kier molecular flexibility index (Phi) is 14.2. The molecule has 0 aliphatic carbocycles. The van der Waals surface area contributed by atoms with Gasteiger partial charge in [-0.25, -0.2) is 21.6 Å². The molecule has 0 aliphatic rings. The van der Waals surface area contributed by atoms with E-state index in [2.05, 4.69) is 15.4 Å². The van der Waals surface area contributed by atoms with Gasteiger partial charge in [-0.05, 0) is 87.8 Å². The van der Waals surface area contributed by atoms with Gasteiger partial charge in [0.15, 0.2) is 9.84 Å². The number of sulfone groups is 1. The Morgan fingerprint density at radius 3 is 1.77 bits per heavy atom. The number of primary amides is 1. The summed E-state index contributed by atoms with van der Waals surface area (Å²) in [5, 5.41) is 13.3. The second-order valence-corrected chi connectivity index (χ2v) is 20.1. The Morgan fingerprint density at radius 2 is 1.27 bits per heavy atom. The van der Waals surface area contributed by atoms with Gasteiger partial charge >= 0.3 is 6.09 Å². The molecule has 1 aromatic heterocycles. The summed E-state index contributed by atoms with van der Waals surface area (Å²) in [4.78, 5) is 12.1. The third kappa shape index (κ3) is 11.1. The molecule has 6 aromatic rings. The molecule has 0 spiro atoms. The predicted octanol–water partition coefficient (Wildman–Crippen LogP) is 6.31. The fourth-order valence-corrected chi connectivity index (χ4v) is 11.1. The van der Waals surface area contributed by atoms with Gasteiger partial charge in [-0.2, -0.15) is 9.10 Å². The van der Waals surface area contributed by atoms with Crippen LogP contribution in [0.2, 0.25) is 0 Å². The number of tetrazole rings is 1. The maximum absolute atomic E-state index is 16.0. The summed E-state index contributed by atoms with van der Waals surface area (Å²) in [5.74, 6) is 0.678. The van der Waals surface area contributed by atoms with Gasteiger partial charge in [0.1, 0.15) is 28.2 Å². The lowest BCUT2D eigenvalue weighted by atomic mass is 9.90. The maximum Gasteiger partial charge on any atom is 0.404 e. The van der Waals surface area contributed by atoms with Gasteiger partial charge in [-0.3, -0.25) is 0 Å². The number of methoxy groups -OCH3 is 3. The van der Waals surface area contributed by atoms with Crippen LogP contribution in [0.25, 0.3) is 22.5 Å². The summed E-state index contributed by atoms with van der Waals surface area (Å²) in [6.45, 7) is 5.17. The molecule has 0 bridgehead atoms. The molecule has 64 heavy (non-hydrogen) atoms. The van der Waals surface area contributed by atoms with Gasteiger partial charge in [0.05, 0.1) is 55.5 Å². The van der Waals surface area contributed by atoms with Crippen LogP contribution in [0.4, 0.5) is 16.2 Å². The minimum Gasteiger partial charge on any atom is -0.497 e. The minimum absolute atomic E-state index is 0.0737. The van der Waals surface area contributed by atoms with Crippen LogP contribution in [0.3, 0.4) is 0 Å². The summed E-state index contributed by atoms with van der Waals surface area (Å²) in [7, 11) is -5.10. The van der Waals surface area contributed by atoms with Crippen LogP contribution in [0.15, 0.2) is 113 Å². The Balaban J connectivity index is 1.66. The molecule has 0 fully saturated rings. The molecule has 17 nitrogen and oxygen atoms in total. The van der Waals surface area contributed by atoms with Crippen LogP contribution in [0.5, 0.6) is 17.2 Å². The normalized spacial score (nSPS) is 12.5. The smallest absolute Gasteiger partial charge is 0.404 e. The monoisotopic (exact) mass is 912 g/mol. The van der Waals surface area contributed by atoms with E-state index in [0.717, 1.165) is 9.87 Å². The molecular formula is C45H52N8O9S2. The number of para-hydroxylation sites is 1. The molecule has 1 heterocycles. The van der Waals surface area contributed by atoms with Crippen molar-refractivity contribution in [3.8, 4) is 39.8 Å². The summed E-state index contributed by atoms with van der Waals surface area (Å²) in [5.41, 5.74) is 20.2. The Hall–Kier alpha value is -6.70. The van der Waals surface area contributed by atoms with Crippen molar-refractivity contribution < 1.29 is 40.6 Å². The first-order valence-corrected chi connectivity index (χ1v) is 23.1. The Bertz CT molecular complexity index is 2760. The van der Waals surface area contributed by atoms with Crippen LogP contribution in [0, 0.1) is 5.41 Å². The molecule has 0 aliphatic heterocycles. The van der Waals surface area contributed by atoms with E-state index in [1.807, 2.05) is 32.9 Å². The first-order valence-electron chi connectivity index (χ1n) is 20.0. The molecule has 6 N–H and O–H groups in total. The number of carbonyl (C=O) groups excluding carboxylic acids is 1. The molecule has 5 aromatic carbocycles. The zero-order chi connectivity index (χ0) is 46.4. The molecule has 6 rings (SSSR count). The number of nitrogens with two attached hydrogens (primary N) is 3. The van der Waals surface area contributed by atoms with E-state index >= 15 is 16.8 Å². The zero-order valence-electron chi connectivity index (χ0n) is 36.4. The number of nitrogen functional groups attached to an aromatic ring is 2. The molecule has 19 heteroatoms. The summed E-state index contributed by atoms with van der Waals surface area (Å²) < 4.78 is 84.6. The largest absolute Gasteiger partial charge is 0.497 e. The van der Waals surface area contributed by atoms with E-state index in [4.69, 9.17) is 36.1 Å². The molecule has 0 saturated heterocycles. The van der Waals surface area contributed by atoms with Crippen molar-refractivity contribution in [2.45, 2.75) is 62.7 Å². The number of aromatic nitrogens is 4. The molecule has 0 saturated carbocycles. The van der Waals surface area contributed by atoms with Crippen molar-refractivity contribution in [2.24, 2.45) is 11.1 Å². The third-order valence-electron chi connectivity index (χ3n) is 10.2. The molecule has 1 unspecified atom stereocenters. The fraction of sp³-hybridized carbons (Fsp3) is 0.289. The highest BCUT2D eigenvalue weighted by Crippen LogP contribution is 2.44. The highest BCUT2D eigenvalue weighted by atomic mass is 32.2. The Labute approximate surface area is 373 Å². The van der Waals surface area contributed by atoms with Crippen molar-refractivity contribution in [3.05, 3.63) is 120 Å². The number of hydrogen-bond donors (Lipinski definition) is 3. The van der Waals surface area contributed by atoms with Crippen molar-refractivity contribution in [1.82, 2.24) is 24.5 Å².